The molecule has 1 aromatic heterocycles. The van der Waals surface area contributed by atoms with Gasteiger partial charge in [0.25, 0.3) is 5.56 Å². The highest BCUT2D eigenvalue weighted by atomic mass is 79.9. The third-order valence-electron chi connectivity index (χ3n) is 2.37. The van der Waals surface area contributed by atoms with E-state index < -0.39 is 0 Å². The molecular formula is C11H19BrN4OS. The van der Waals surface area contributed by atoms with Crippen molar-refractivity contribution in [1.29, 1.82) is 0 Å². The number of nitrogens with zero attached hydrogens (tertiary/aromatic N) is 3. The Balaban J connectivity index is 2.75. The summed E-state index contributed by atoms with van der Waals surface area (Å²) in [6, 6.07) is 0. The Labute approximate surface area is 120 Å². The van der Waals surface area contributed by atoms with Crippen molar-refractivity contribution in [1.82, 2.24) is 14.7 Å². The van der Waals surface area contributed by atoms with Crippen LogP contribution in [0.5, 0.6) is 0 Å². The monoisotopic (exact) mass is 334 g/mol. The van der Waals surface area contributed by atoms with Crippen molar-refractivity contribution in [3.05, 3.63) is 21.0 Å². The van der Waals surface area contributed by atoms with Gasteiger partial charge in [0.05, 0.1) is 18.4 Å². The summed E-state index contributed by atoms with van der Waals surface area (Å²) in [4.78, 5) is 14.0. The van der Waals surface area contributed by atoms with Gasteiger partial charge in [-0.15, -0.1) is 0 Å². The summed E-state index contributed by atoms with van der Waals surface area (Å²) in [5.41, 5.74) is 0.668. The second-order valence-corrected chi connectivity index (χ2v) is 5.90. The molecule has 7 heteroatoms. The topological polar surface area (TPSA) is 50.2 Å². The molecule has 0 radical (unpaired) electrons. The van der Waals surface area contributed by atoms with Crippen molar-refractivity contribution < 1.29 is 0 Å². The third kappa shape index (κ3) is 4.62. The van der Waals surface area contributed by atoms with E-state index in [1.54, 1.807) is 18.0 Å². The SMILES string of the molecule is CSCCNc1cnn(CCN(C)C)c(=O)c1Br. The third-order valence-corrected chi connectivity index (χ3v) is 3.74. The minimum absolute atomic E-state index is 0.0917. The largest absolute Gasteiger partial charge is 0.382 e. The Bertz CT molecular complexity index is 436. The molecule has 0 aromatic carbocycles. The van der Waals surface area contributed by atoms with Crippen LogP contribution in [0, 0.1) is 0 Å². The summed E-state index contributed by atoms with van der Waals surface area (Å²) in [5.74, 6) is 0.996. The second kappa shape index (κ2) is 7.81. The van der Waals surface area contributed by atoms with Crippen molar-refractivity contribution in [3.8, 4) is 0 Å². The van der Waals surface area contributed by atoms with Crippen molar-refractivity contribution >= 4 is 33.4 Å². The van der Waals surface area contributed by atoms with Crippen LogP contribution in [0.25, 0.3) is 0 Å². The molecule has 5 nitrogen and oxygen atoms in total. The number of halogens is 1. The highest BCUT2D eigenvalue weighted by Crippen LogP contribution is 2.15. The Kier molecular flexibility index (Phi) is 6.73. The van der Waals surface area contributed by atoms with E-state index in [1.165, 1.54) is 4.68 Å². The first-order chi connectivity index (χ1) is 8.56. The quantitative estimate of drug-likeness (QED) is 0.762. The van der Waals surface area contributed by atoms with E-state index in [1.807, 2.05) is 25.3 Å². The number of nitrogens with one attached hydrogen (secondary N) is 1. The zero-order chi connectivity index (χ0) is 13.5. The standard InChI is InChI=1S/C11H19BrN4OS/c1-15(2)5-6-16-11(17)10(12)9(8-14-16)13-4-7-18-3/h8,13H,4-7H2,1-3H3. The van der Waals surface area contributed by atoms with Crippen LogP contribution in [0.4, 0.5) is 5.69 Å². The van der Waals surface area contributed by atoms with Crippen LogP contribution in [-0.4, -0.2) is 53.9 Å². The molecular weight excluding hydrogens is 316 g/mol. The number of anilines is 1. The van der Waals surface area contributed by atoms with Crippen LogP contribution in [0.1, 0.15) is 0 Å². The van der Waals surface area contributed by atoms with Crippen molar-refractivity contribution in [2.45, 2.75) is 6.54 Å². The lowest BCUT2D eigenvalue weighted by Crippen LogP contribution is -2.29. The molecule has 0 saturated carbocycles. The molecule has 1 rings (SSSR count). The summed E-state index contributed by atoms with van der Waals surface area (Å²) in [7, 11) is 3.94. The van der Waals surface area contributed by atoms with Crippen molar-refractivity contribution in [2.24, 2.45) is 0 Å². The molecule has 0 aliphatic heterocycles. The molecule has 0 aliphatic rings. The molecule has 0 saturated heterocycles. The average Bonchev–Trinajstić information content (AvgIpc) is 2.33. The summed E-state index contributed by atoms with van der Waals surface area (Å²) in [5, 5.41) is 7.36. The van der Waals surface area contributed by atoms with Gasteiger partial charge < -0.3 is 10.2 Å². The number of hydrogen-bond donors (Lipinski definition) is 1. The minimum atomic E-state index is -0.0917. The summed E-state index contributed by atoms with van der Waals surface area (Å²) in [6.07, 6.45) is 3.75. The number of likely N-dealkylation sites (N-methyl/N-ethyl adjacent to an activating group) is 1. The number of aromatic nitrogens is 2. The predicted molar refractivity (Wildman–Crippen MR) is 81.6 cm³/mol. The van der Waals surface area contributed by atoms with Gasteiger partial charge in [0.1, 0.15) is 4.47 Å². The molecule has 0 aliphatic carbocycles. The van der Waals surface area contributed by atoms with Crippen LogP contribution in [0.2, 0.25) is 0 Å². The maximum absolute atomic E-state index is 12.0. The number of thioether (sulfide) groups is 1. The normalized spacial score (nSPS) is 10.9. The molecule has 102 valence electrons. The number of rotatable bonds is 7. The second-order valence-electron chi connectivity index (χ2n) is 4.12. The van der Waals surface area contributed by atoms with Gasteiger partial charge >= 0.3 is 0 Å². The van der Waals surface area contributed by atoms with Gasteiger partial charge in [-0.25, -0.2) is 4.68 Å². The lowest BCUT2D eigenvalue weighted by Gasteiger charge is -2.12. The van der Waals surface area contributed by atoms with Crippen molar-refractivity contribution in [3.63, 3.8) is 0 Å². The molecule has 1 aromatic rings. The van der Waals surface area contributed by atoms with Gasteiger partial charge in [0, 0.05) is 18.8 Å². The highest BCUT2D eigenvalue weighted by molar-refractivity contribution is 9.10. The molecule has 0 atom stereocenters. The van der Waals surface area contributed by atoms with E-state index in [0.29, 0.717) is 11.0 Å². The first kappa shape index (κ1) is 15.5. The molecule has 0 unspecified atom stereocenters. The van der Waals surface area contributed by atoms with Crippen LogP contribution in [0.15, 0.2) is 15.5 Å². The Hall–Kier alpha value is -0.530. The summed E-state index contributed by atoms with van der Waals surface area (Å²) < 4.78 is 2.03. The van der Waals surface area contributed by atoms with E-state index in [2.05, 4.69) is 26.3 Å². The van der Waals surface area contributed by atoms with Gasteiger partial charge in [-0.1, -0.05) is 0 Å². The molecule has 1 N–H and O–H groups in total. The van der Waals surface area contributed by atoms with Gasteiger partial charge in [0.2, 0.25) is 0 Å². The van der Waals surface area contributed by atoms with E-state index in [0.717, 1.165) is 24.5 Å². The Morgan fingerprint density at radius 3 is 2.89 bits per heavy atom. The first-order valence-corrected chi connectivity index (χ1v) is 7.88. The lowest BCUT2D eigenvalue weighted by atomic mass is 10.4. The number of hydrogen-bond acceptors (Lipinski definition) is 5. The smallest absolute Gasteiger partial charge is 0.283 e. The van der Waals surface area contributed by atoms with Crippen LogP contribution >= 0.6 is 27.7 Å². The molecule has 1 heterocycles. The fourth-order valence-corrected chi connectivity index (χ4v) is 2.08. The zero-order valence-corrected chi connectivity index (χ0v) is 13.3. The van der Waals surface area contributed by atoms with Gasteiger partial charge in [-0.05, 0) is 36.3 Å². The van der Waals surface area contributed by atoms with Crippen LogP contribution in [-0.2, 0) is 6.54 Å². The molecule has 0 bridgehead atoms. The average molecular weight is 335 g/mol. The molecule has 0 amide bonds. The van der Waals surface area contributed by atoms with E-state index in [-0.39, 0.29) is 5.56 Å². The minimum Gasteiger partial charge on any atom is -0.382 e. The fourth-order valence-electron chi connectivity index (χ4n) is 1.33. The first-order valence-electron chi connectivity index (χ1n) is 5.69. The molecule has 0 fully saturated rings. The summed E-state index contributed by atoms with van der Waals surface area (Å²) in [6.45, 7) is 2.21. The Morgan fingerprint density at radius 2 is 2.28 bits per heavy atom. The maximum atomic E-state index is 12.0. The van der Waals surface area contributed by atoms with E-state index in [4.69, 9.17) is 0 Å². The van der Waals surface area contributed by atoms with Gasteiger partial charge in [-0.3, -0.25) is 4.79 Å². The predicted octanol–water partition coefficient (Wildman–Crippen LogP) is 1.34. The van der Waals surface area contributed by atoms with Crippen molar-refractivity contribution in [2.75, 3.05) is 44.5 Å². The van der Waals surface area contributed by atoms with Gasteiger partial charge in [-0.2, -0.15) is 16.9 Å². The van der Waals surface area contributed by atoms with E-state index >= 15 is 0 Å². The van der Waals surface area contributed by atoms with Gasteiger partial charge in [0.15, 0.2) is 0 Å². The van der Waals surface area contributed by atoms with Crippen LogP contribution < -0.4 is 10.9 Å². The molecule has 0 spiro atoms. The molecule has 18 heavy (non-hydrogen) atoms. The van der Waals surface area contributed by atoms with Crippen LogP contribution in [0.3, 0.4) is 0 Å². The lowest BCUT2D eigenvalue weighted by molar-refractivity contribution is 0.367. The maximum Gasteiger partial charge on any atom is 0.283 e. The van der Waals surface area contributed by atoms with E-state index in [9.17, 15) is 4.79 Å². The summed E-state index contributed by atoms with van der Waals surface area (Å²) >= 11 is 5.09. The zero-order valence-electron chi connectivity index (χ0n) is 10.9. The Morgan fingerprint density at radius 1 is 1.56 bits per heavy atom. The fraction of sp³-hybridized carbons (Fsp3) is 0.636. The highest BCUT2D eigenvalue weighted by Gasteiger charge is 2.08.